The van der Waals surface area contributed by atoms with Crippen molar-refractivity contribution in [2.45, 2.75) is 13.5 Å². The van der Waals surface area contributed by atoms with Gasteiger partial charge in [0.2, 0.25) is 0 Å². The number of hydrazone groups is 1. The van der Waals surface area contributed by atoms with E-state index in [4.69, 9.17) is 16.3 Å². The Hall–Kier alpha value is -3.70. The molecule has 4 rings (SSSR count). The number of halogens is 1. The van der Waals surface area contributed by atoms with E-state index in [1.807, 2.05) is 79.7 Å². The van der Waals surface area contributed by atoms with Crippen molar-refractivity contribution >= 4 is 34.6 Å². The van der Waals surface area contributed by atoms with E-state index < -0.39 is 0 Å². The molecule has 0 aliphatic carbocycles. The molecule has 3 aromatic carbocycles. The van der Waals surface area contributed by atoms with Crippen molar-refractivity contribution in [1.82, 2.24) is 10.4 Å². The first-order valence-electron chi connectivity index (χ1n) is 9.76. The molecule has 5 nitrogen and oxygen atoms in total. The number of carbonyl (C=O) groups excluding carboxylic acids is 1. The molecule has 1 aromatic heterocycles. The predicted molar refractivity (Wildman–Crippen MR) is 124 cm³/mol. The topological polar surface area (TPSA) is 63.6 Å². The molecule has 0 bridgehead atoms. The number of benzene rings is 3. The molecule has 6 heteroatoms. The lowest BCUT2D eigenvalue weighted by Gasteiger charge is -2.09. The number of hydrogen-bond donors (Lipinski definition) is 1. The van der Waals surface area contributed by atoms with E-state index in [-0.39, 0.29) is 5.91 Å². The van der Waals surface area contributed by atoms with Crippen LogP contribution in [0.25, 0.3) is 10.9 Å². The highest BCUT2D eigenvalue weighted by Gasteiger charge is 2.11. The molecule has 0 saturated carbocycles. The van der Waals surface area contributed by atoms with Gasteiger partial charge >= 0.3 is 0 Å². The molecule has 4 aromatic rings. The van der Waals surface area contributed by atoms with Gasteiger partial charge in [-0.05, 0) is 48.9 Å². The highest BCUT2D eigenvalue weighted by Crippen LogP contribution is 2.20. The first kappa shape index (κ1) is 20.6. The van der Waals surface area contributed by atoms with E-state index in [9.17, 15) is 4.79 Å². The van der Waals surface area contributed by atoms with Crippen molar-refractivity contribution < 1.29 is 9.53 Å². The minimum absolute atomic E-state index is 0.294. The van der Waals surface area contributed by atoms with Crippen molar-refractivity contribution in [1.29, 1.82) is 0 Å². The van der Waals surface area contributed by atoms with Crippen molar-refractivity contribution in [3.05, 3.63) is 106 Å². The molecule has 1 heterocycles. The van der Waals surface area contributed by atoms with E-state index in [2.05, 4.69) is 15.5 Å². The van der Waals surface area contributed by atoms with Gasteiger partial charge in [0.05, 0.1) is 17.3 Å². The van der Waals surface area contributed by atoms with Crippen molar-refractivity contribution in [2.75, 3.05) is 0 Å². The standard InChI is InChI=1S/C25H20ClN3O2/c1-17-14-22(21-7-3-4-8-23(21)28-17)25(30)29-27-15-19-6-2-5-9-24(19)31-16-18-10-12-20(26)13-11-18/h2-15H,16H2,1H3,(H,29,30). The number of amides is 1. The Labute approximate surface area is 185 Å². The zero-order valence-corrected chi connectivity index (χ0v) is 17.6. The van der Waals surface area contributed by atoms with Gasteiger partial charge in [0, 0.05) is 21.7 Å². The number of fused-ring (bicyclic) bond motifs is 1. The van der Waals surface area contributed by atoms with E-state index in [1.54, 1.807) is 12.3 Å². The average molecular weight is 430 g/mol. The van der Waals surface area contributed by atoms with E-state index >= 15 is 0 Å². The van der Waals surface area contributed by atoms with Gasteiger partial charge in [0.1, 0.15) is 12.4 Å². The van der Waals surface area contributed by atoms with Crippen LogP contribution in [0.3, 0.4) is 0 Å². The summed E-state index contributed by atoms with van der Waals surface area (Å²) in [6.07, 6.45) is 1.57. The molecule has 0 aliphatic rings. The maximum absolute atomic E-state index is 12.7. The average Bonchev–Trinajstić information content (AvgIpc) is 2.78. The Morgan fingerprint density at radius 2 is 1.81 bits per heavy atom. The number of pyridine rings is 1. The number of carbonyl (C=O) groups is 1. The summed E-state index contributed by atoms with van der Waals surface area (Å²) in [7, 11) is 0. The summed E-state index contributed by atoms with van der Waals surface area (Å²) in [5.74, 6) is 0.373. The number of para-hydroxylation sites is 2. The number of nitrogens with zero attached hydrogens (tertiary/aromatic N) is 2. The van der Waals surface area contributed by atoms with Gasteiger partial charge in [-0.25, -0.2) is 5.43 Å². The Morgan fingerprint density at radius 1 is 1.06 bits per heavy atom. The van der Waals surface area contributed by atoms with Gasteiger partial charge in [-0.2, -0.15) is 5.10 Å². The third kappa shape index (κ3) is 5.08. The summed E-state index contributed by atoms with van der Waals surface area (Å²) in [5.41, 5.74) is 6.45. The molecule has 31 heavy (non-hydrogen) atoms. The maximum Gasteiger partial charge on any atom is 0.272 e. The molecule has 154 valence electrons. The first-order valence-corrected chi connectivity index (χ1v) is 10.1. The second kappa shape index (κ2) is 9.41. The summed E-state index contributed by atoms with van der Waals surface area (Å²) >= 11 is 5.93. The van der Waals surface area contributed by atoms with Gasteiger partial charge in [0.25, 0.3) is 5.91 Å². The van der Waals surface area contributed by atoms with Gasteiger partial charge in [-0.15, -0.1) is 0 Å². The number of ether oxygens (including phenoxy) is 1. The molecule has 0 fully saturated rings. The highest BCUT2D eigenvalue weighted by molar-refractivity contribution is 6.30. The summed E-state index contributed by atoms with van der Waals surface area (Å²) in [6, 6.07) is 24.3. The van der Waals surface area contributed by atoms with E-state index in [1.165, 1.54) is 0 Å². The van der Waals surface area contributed by atoms with Crippen LogP contribution in [0.15, 0.2) is 84.0 Å². The Bertz CT molecular complexity index is 1250. The predicted octanol–water partition coefficient (Wildman–Crippen LogP) is 5.54. The molecule has 1 amide bonds. The number of aryl methyl sites for hydroxylation is 1. The number of aromatic nitrogens is 1. The van der Waals surface area contributed by atoms with Crippen LogP contribution in [0.5, 0.6) is 5.75 Å². The molecular weight excluding hydrogens is 410 g/mol. The molecule has 0 unspecified atom stereocenters. The number of hydrogen-bond acceptors (Lipinski definition) is 4. The molecule has 0 radical (unpaired) electrons. The fraction of sp³-hybridized carbons (Fsp3) is 0.0800. The van der Waals surface area contributed by atoms with Crippen LogP contribution in [0.4, 0.5) is 0 Å². The SMILES string of the molecule is Cc1cc(C(=O)NN=Cc2ccccc2OCc2ccc(Cl)cc2)c2ccccc2n1. The third-order valence-corrected chi connectivity index (χ3v) is 4.94. The van der Waals surface area contributed by atoms with Crippen molar-refractivity contribution in [3.8, 4) is 5.75 Å². The van der Waals surface area contributed by atoms with Gasteiger partial charge in [0.15, 0.2) is 0 Å². The second-order valence-electron chi connectivity index (χ2n) is 6.98. The summed E-state index contributed by atoms with van der Waals surface area (Å²) < 4.78 is 5.92. The van der Waals surface area contributed by atoms with Crippen LogP contribution in [-0.2, 0) is 6.61 Å². The molecule has 0 atom stereocenters. The van der Waals surface area contributed by atoms with Crippen LogP contribution in [0, 0.1) is 6.92 Å². The van der Waals surface area contributed by atoms with Crippen LogP contribution in [0.1, 0.15) is 27.2 Å². The summed E-state index contributed by atoms with van der Waals surface area (Å²) in [6.45, 7) is 2.26. The normalized spacial score (nSPS) is 11.0. The second-order valence-corrected chi connectivity index (χ2v) is 7.42. The summed E-state index contributed by atoms with van der Waals surface area (Å²) in [5, 5.41) is 5.61. The lowest BCUT2D eigenvalue weighted by Crippen LogP contribution is -2.18. The fourth-order valence-corrected chi connectivity index (χ4v) is 3.30. The lowest BCUT2D eigenvalue weighted by molar-refractivity contribution is 0.0956. The zero-order valence-electron chi connectivity index (χ0n) is 16.9. The molecule has 0 saturated heterocycles. The molecule has 1 N–H and O–H groups in total. The smallest absolute Gasteiger partial charge is 0.272 e. The first-order chi connectivity index (χ1) is 15.1. The molecule has 0 spiro atoms. The van der Waals surface area contributed by atoms with Gasteiger partial charge < -0.3 is 4.74 Å². The molecule has 0 aliphatic heterocycles. The van der Waals surface area contributed by atoms with Gasteiger partial charge in [-0.1, -0.05) is 54.1 Å². The van der Waals surface area contributed by atoms with Crippen molar-refractivity contribution in [3.63, 3.8) is 0 Å². The maximum atomic E-state index is 12.7. The monoisotopic (exact) mass is 429 g/mol. The van der Waals surface area contributed by atoms with Crippen LogP contribution in [-0.4, -0.2) is 17.1 Å². The van der Waals surface area contributed by atoms with E-state index in [0.29, 0.717) is 22.9 Å². The highest BCUT2D eigenvalue weighted by atomic mass is 35.5. The Balaban J connectivity index is 1.47. The van der Waals surface area contributed by atoms with Crippen LogP contribution < -0.4 is 10.2 Å². The van der Waals surface area contributed by atoms with Crippen LogP contribution >= 0.6 is 11.6 Å². The Kier molecular flexibility index (Phi) is 6.24. The molecular formula is C25H20ClN3O2. The lowest BCUT2D eigenvalue weighted by atomic mass is 10.1. The van der Waals surface area contributed by atoms with Crippen LogP contribution in [0.2, 0.25) is 5.02 Å². The van der Waals surface area contributed by atoms with Crippen molar-refractivity contribution in [2.24, 2.45) is 5.10 Å². The number of nitrogens with one attached hydrogen (secondary N) is 1. The Morgan fingerprint density at radius 3 is 2.65 bits per heavy atom. The minimum atomic E-state index is -0.294. The van der Waals surface area contributed by atoms with Gasteiger partial charge in [-0.3, -0.25) is 9.78 Å². The zero-order chi connectivity index (χ0) is 21.6. The minimum Gasteiger partial charge on any atom is -0.488 e. The quantitative estimate of drug-likeness (QED) is 0.323. The number of rotatable bonds is 6. The van der Waals surface area contributed by atoms with E-state index in [0.717, 1.165) is 27.7 Å². The summed E-state index contributed by atoms with van der Waals surface area (Å²) in [4.78, 5) is 17.2. The third-order valence-electron chi connectivity index (χ3n) is 4.69. The fourth-order valence-electron chi connectivity index (χ4n) is 3.18. The largest absolute Gasteiger partial charge is 0.488 e.